The lowest BCUT2D eigenvalue weighted by Crippen LogP contribution is -2.45. The number of aromatic nitrogens is 1. The van der Waals surface area contributed by atoms with Gasteiger partial charge in [-0.05, 0) is 31.4 Å². The van der Waals surface area contributed by atoms with Crippen molar-refractivity contribution in [3.63, 3.8) is 0 Å². The molecule has 4 nitrogen and oxygen atoms in total. The third kappa shape index (κ3) is 2.52. The number of rotatable bonds is 2. The van der Waals surface area contributed by atoms with E-state index in [4.69, 9.17) is 0 Å². The summed E-state index contributed by atoms with van der Waals surface area (Å²) in [5, 5.41) is 3.12. The highest BCUT2D eigenvalue weighted by Crippen LogP contribution is 2.31. The lowest BCUT2D eigenvalue weighted by molar-refractivity contribution is -0.120. The van der Waals surface area contributed by atoms with Crippen molar-refractivity contribution in [1.29, 1.82) is 0 Å². The van der Waals surface area contributed by atoms with Crippen molar-refractivity contribution in [3.8, 4) is 0 Å². The van der Waals surface area contributed by atoms with Gasteiger partial charge < -0.3 is 15.2 Å². The molecular formula is C13H21N3O. The molecule has 4 heteroatoms. The van der Waals surface area contributed by atoms with E-state index in [0.717, 1.165) is 25.1 Å². The smallest absolute Gasteiger partial charge is 0.244 e. The molecule has 0 spiro atoms. The second kappa shape index (κ2) is 4.53. The van der Waals surface area contributed by atoms with E-state index in [9.17, 15) is 4.79 Å². The zero-order chi connectivity index (χ0) is 12.5. The predicted octanol–water partition coefficient (Wildman–Crippen LogP) is 1.76. The topological polar surface area (TPSA) is 48.1 Å². The van der Waals surface area contributed by atoms with Gasteiger partial charge in [0.25, 0.3) is 0 Å². The van der Waals surface area contributed by atoms with Gasteiger partial charge in [0.1, 0.15) is 0 Å². The van der Waals surface area contributed by atoms with E-state index in [-0.39, 0.29) is 17.4 Å². The van der Waals surface area contributed by atoms with Crippen molar-refractivity contribution in [2.45, 2.75) is 32.7 Å². The fourth-order valence-electron chi connectivity index (χ4n) is 2.40. The first kappa shape index (κ1) is 12.2. The van der Waals surface area contributed by atoms with Gasteiger partial charge in [0.05, 0.1) is 11.7 Å². The summed E-state index contributed by atoms with van der Waals surface area (Å²) in [5.41, 5.74) is 1.13. The van der Waals surface area contributed by atoms with Crippen molar-refractivity contribution in [2.24, 2.45) is 5.41 Å². The van der Waals surface area contributed by atoms with Crippen LogP contribution in [0.5, 0.6) is 0 Å². The summed E-state index contributed by atoms with van der Waals surface area (Å²) in [6, 6.07) is 1.89. The van der Waals surface area contributed by atoms with Crippen molar-refractivity contribution in [3.05, 3.63) is 18.5 Å². The third-order valence-electron chi connectivity index (χ3n) is 3.50. The predicted molar refractivity (Wildman–Crippen MR) is 69.0 cm³/mol. The molecule has 0 radical (unpaired) electrons. The maximum atomic E-state index is 12.4. The number of carbonyl (C=O) groups is 1. The van der Waals surface area contributed by atoms with Crippen LogP contribution in [-0.2, 0) is 4.79 Å². The first-order valence-electron chi connectivity index (χ1n) is 6.15. The molecule has 1 fully saturated rings. The van der Waals surface area contributed by atoms with Crippen molar-refractivity contribution >= 4 is 11.6 Å². The molecule has 1 atom stereocenters. The van der Waals surface area contributed by atoms with Gasteiger partial charge in [-0.1, -0.05) is 13.8 Å². The molecule has 2 N–H and O–H groups in total. The lowest BCUT2D eigenvalue weighted by Gasteiger charge is -2.29. The highest BCUT2D eigenvalue weighted by molar-refractivity contribution is 5.97. The number of nitrogens with one attached hydrogen (secondary N) is 2. The van der Waals surface area contributed by atoms with E-state index in [1.54, 1.807) is 0 Å². The first-order valence-corrected chi connectivity index (χ1v) is 6.15. The Morgan fingerprint density at radius 2 is 2.29 bits per heavy atom. The fraction of sp³-hybridized carbons (Fsp3) is 0.615. The number of aromatic amines is 1. The summed E-state index contributed by atoms with van der Waals surface area (Å²) in [6.45, 7) is 5.22. The van der Waals surface area contributed by atoms with Crippen molar-refractivity contribution in [2.75, 3.05) is 18.5 Å². The van der Waals surface area contributed by atoms with Crippen LogP contribution in [0.4, 0.5) is 5.69 Å². The summed E-state index contributed by atoms with van der Waals surface area (Å²) in [6.07, 6.45) is 5.70. The lowest BCUT2D eigenvalue weighted by atomic mass is 9.87. The molecule has 1 saturated heterocycles. The number of hydrogen-bond donors (Lipinski definition) is 2. The number of likely N-dealkylation sites (N-methyl/N-ethyl adjacent to an activating group) is 1. The number of H-pyrrole nitrogens is 1. The van der Waals surface area contributed by atoms with Crippen LogP contribution in [0.25, 0.3) is 0 Å². The minimum atomic E-state index is -0.0633. The van der Waals surface area contributed by atoms with Gasteiger partial charge in [-0.15, -0.1) is 0 Å². The van der Waals surface area contributed by atoms with Gasteiger partial charge in [0, 0.05) is 18.9 Å². The maximum Gasteiger partial charge on any atom is 0.244 e. The second-order valence-corrected chi connectivity index (χ2v) is 5.54. The van der Waals surface area contributed by atoms with Crippen molar-refractivity contribution in [1.82, 2.24) is 10.3 Å². The minimum Gasteiger partial charge on any atom is -0.366 e. The molecular weight excluding hydrogens is 214 g/mol. The Labute approximate surface area is 102 Å². The minimum absolute atomic E-state index is 0.0633. The quantitative estimate of drug-likeness (QED) is 0.820. The van der Waals surface area contributed by atoms with Crippen LogP contribution in [0.15, 0.2) is 18.5 Å². The van der Waals surface area contributed by atoms with E-state index in [1.807, 2.05) is 30.4 Å². The molecule has 0 saturated carbocycles. The van der Waals surface area contributed by atoms with E-state index >= 15 is 0 Å². The van der Waals surface area contributed by atoms with Crippen LogP contribution in [-0.4, -0.2) is 30.5 Å². The standard InChI is InChI=1S/C13H21N3O/c1-13(2)6-4-11(14-3)12(17)16(9-13)10-5-7-15-8-10/h5,7-8,11,14-15H,4,6,9H2,1-3H3. The van der Waals surface area contributed by atoms with Gasteiger partial charge in [0.2, 0.25) is 5.91 Å². The Balaban J connectivity index is 2.29. The Kier molecular flexibility index (Phi) is 3.24. The number of carbonyl (C=O) groups excluding carboxylic acids is 1. The molecule has 2 rings (SSSR count). The molecule has 0 bridgehead atoms. The zero-order valence-electron chi connectivity index (χ0n) is 10.8. The maximum absolute atomic E-state index is 12.4. The van der Waals surface area contributed by atoms with Crippen LogP contribution < -0.4 is 10.2 Å². The highest BCUT2D eigenvalue weighted by Gasteiger charge is 2.34. The van der Waals surface area contributed by atoms with E-state index in [0.29, 0.717) is 0 Å². The SMILES string of the molecule is CNC1CCC(C)(C)CN(c2cc[nH]c2)C1=O. The molecule has 1 aliphatic rings. The van der Waals surface area contributed by atoms with Crippen LogP contribution >= 0.6 is 0 Å². The molecule has 17 heavy (non-hydrogen) atoms. The molecule has 1 unspecified atom stereocenters. The summed E-state index contributed by atoms with van der Waals surface area (Å²) < 4.78 is 0. The molecule has 94 valence electrons. The van der Waals surface area contributed by atoms with Gasteiger partial charge >= 0.3 is 0 Å². The van der Waals surface area contributed by atoms with Crippen LogP contribution in [0.1, 0.15) is 26.7 Å². The van der Waals surface area contributed by atoms with Gasteiger partial charge in [-0.25, -0.2) is 0 Å². The van der Waals surface area contributed by atoms with Crippen LogP contribution in [0.2, 0.25) is 0 Å². The summed E-state index contributed by atoms with van der Waals surface area (Å²) >= 11 is 0. The van der Waals surface area contributed by atoms with E-state index in [1.165, 1.54) is 0 Å². The highest BCUT2D eigenvalue weighted by atomic mass is 16.2. The number of nitrogens with zero attached hydrogens (tertiary/aromatic N) is 1. The Bertz CT molecular complexity index is 383. The van der Waals surface area contributed by atoms with Gasteiger partial charge in [0.15, 0.2) is 0 Å². The number of hydrogen-bond acceptors (Lipinski definition) is 2. The normalized spacial score (nSPS) is 24.8. The number of anilines is 1. The van der Waals surface area contributed by atoms with Gasteiger partial charge in [-0.3, -0.25) is 4.79 Å². The summed E-state index contributed by atoms with van der Waals surface area (Å²) in [5.74, 6) is 0.178. The Hall–Kier alpha value is -1.29. The van der Waals surface area contributed by atoms with E-state index < -0.39 is 0 Å². The summed E-state index contributed by atoms with van der Waals surface area (Å²) in [7, 11) is 1.86. The monoisotopic (exact) mass is 235 g/mol. The summed E-state index contributed by atoms with van der Waals surface area (Å²) in [4.78, 5) is 17.3. The van der Waals surface area contributed by atoms with Crippen LogP contribution in [0.3, 0.4) is 0 Å². The van der Waals surface area contributed by atoms with Crippen molar-refractivity contribution < 1.29 is 4.79 Å². The average Bonchev–Trinajstić information content (AvgIpc) is 2.76. The van der Waals surface area contributed by atoms with Gasteiger partial charge in [-0.2, -0.15) is 0 Å². The third-order valence-corrected chi connectivity index (χ3v) is 3.50. The Morgan fingerprint density at radius 3 is 2.88 bits per heavy atom. The first-order chi connectivity index (χ1) is 8.03. The molecule has 0 aliphatic carbocycles. The van der Waals surface area contributed by atoms with Crippen LogP contribution in [0, 0.1) is 5.41 Å². The average molecular weight is 235 g/mol. The second-order valence-electron chi connectivity index (χ2n) is 5.54. The molecule has 0 aromatic carbocycles. The van der Waals surface area contributed by atoms with E-state index in [2.05, 4.69) is 24.1 Å². The molecule has 1 amide bonds. The number of amides is 1. The fourth-order valence-corrected chi connectivity index (χ4v) is 2.40. The molecule has 1 aromatic rings. The molecule has 1 aromatic heterocycles. The molecule has 1 aliphatic heterocycles. The Morgan fingerprint density at radius 1 is 1.53 bits per heavy atom. The zero-order valence-corrected chi connectivity index (χ0v) is 10.8. The molecule has 2 heterocycles. The largest absolute Gasteiger partial charge is 0.366 e.